The van der Waals surface area contributed by atoms with Crippen molar-refractivity contribution in [3.8, 4) is 0 Å². The molecule has 0 aromatic rings. The standard InChI is InChI=1S/C60H121N2O6P/c1-6-8-10-12-14-16-18-20-22-24-26-28-29-30-31-32-34-35-37-39-41-43-45-47-49-51-53-59(63)58(57-68-69(65,66)67-56-55-62(3,4)5)61-60(64)54-52-50-48-46-44-42-40-38-36-33-27-25-23-21-19-17-15-13-11-9-7-2/h25,27,58-59,63H,6-24,26,28-57H2,1-5H3,(H-,61,64,65,66)/p+1/b27-25-. The number of amides is 1. The van der Waals surface area contributed by atoms with E-state index < -0.39 is 20.0 Å². The van der Waals surface area contributed by atoms with E-state index in [1.807, 2.05) is 21.1 Å². The average Bonchev–Trinajstić information content (AvgIpc) is 3.31. The molecule has 8 nitrogen and oxygen atoms in total. The molecular weight excluding hydrogens is 876 g/mol. The van der Waals surface area contributed by atoms with Crippen LogP contribution in [0.2, 0.25) is 0 Å². The minimum absolute atomic E-state index is 0.0769. The van der Waals surface area contributed by atoms with Crippen LogP contribution < -0.4 is 5.32 Å². The number of hydrogen-bond donors (Lipinski definition) is 3. The number of nitrogens with zero attached hydrogens (tertiary/aromatic N) is 1. The molecule has 3 unspecified atom stereocenters. The van der Waals surface area contributed by atoms with Crippen LogP contribution in [0.1, 0.15) is 316 Å². The number of likely N-dealkylation sites (N-methyl/N-ethyl adjacent to an activating group) is 1. The second-order valence-corrected chi connectivity index (χ2v) is 23.9. The number of hydrogen-bond acceptors (Lipinski definition) is 5. The summed E-state index contributed by atoms with van der Waals surface area (Å²) in [5.41, 5.74) is 0. The summed E-state index contributed by atoms with van der Waals surface area (Å²) in [6.07, 6.45) is 64.2. The van der Waals surface area contributed by atoms with Gasteiger partial charge < -0.3 is 19.8 Å². The van der Waals surface area contributed by atoms with Gasteiger partial charge in [0.2, 0.25) is 5.91 Å². The Bertz CT molecular complexity index is 1130. The van der Waals surface area contributed by atoms with E-state index in [-0.39, 0.29) is 19.1 Å². The van der Waals surface area contributed by atoms with Crippen LogP contribution in [0.5, 0.6) is 0 Å². The third kappa shape index (κ3) is 54.8. The van der Waals surface area contributed by atoms with Crippen LogP contribution in [0.15, 0.2) is 12.2 Å². The van der Waals surface area contributed by atoms with Gasteiger partial charge in [0.05, 0.1) is 39.9 Å². The summed E-state index contributed by atoms with van der Waals surface area (Å²) >= 11 is 0. The van der Waals surface area contributed by atoms with E-state index in [2.05, 4.69) is 31.3 Å². The minimum Gasteiger partial charge on any atom is -0.391 e. The summed E-state index contributed by atoms with van der Waals surface area (Å²) in [5.74, 6) is -0.141. The molecule has 0 saturated carbocycles. The van der Waals surface area contributed by atoms with Crippen LogP contribution in [-0.4, -0.2) is 73.4 Å². The zero-order chi connectivity index (χ0) is 50.6. The molecule has 0 radical (unpaired) electrons. The third-order valence-electron chi connectivity index (χ3n) is 14.3. The quantitative estimate of drug-likeness (QED) is 0.0243. The number of carbonyl (C=O) groups excluding carboxylic acids is 1. The predicted molar refractivity (Wildman–Crippen MR) is 300 cm³/mol. The Hall–Kier alpha value is -0.760. The highest BCUT2D eigenvalue weighted by atomic mass is 31.2. The van der Waals surface area contributed by atoms with Crippen LogP contribution in [0.3, 0.4) is 0 Å². The molecule has 0 heterocycles. The second-order valence-electron chi connectivity index (χ2n) is 22.4. The van der Waals surface area contributed by atoms with Gasteiger partial charge in [0.25, 0.3) is 0 Å². The number of phosphoric ester groups is 1. The molecule has 3 atom stereocenters. The van der Waals surface area contributed by atoms with Gasteiger partial charge in [0.1, 0.15) is 13.2 Å². The van der Waals surface area contributed by atoms with Crippen molar-refractivity contribution < 1.29 is 32.9 Å². The van der Waals surface area contributed by atoms with Crippen LogP contribution in [0.4, 0.5) is 0 Å². The van der Waals surface area contributed by atoms with E-state index in [1.54, 1.807) is 0 Å². The number of rotatable bonds is 57. The molecule has 0 saturated heterocycles. The van der Waals surface area contributed by atoms with E-state index in [4.69, 9.17) is 9.05 Å². The highest BCUT2D eigenvalue weighted by molar-refractivity contribution is 7.47. The van der Waals surface area contributed by atoms with Crippen molar-refractivity contribution in [1.29, 1.82) is 0 Å². The first-order chi connectivity index (χ1) is 33.5. The van der Waals surface area contributed by atoms with Gasteiger partial charge in [-0.15, -0.1) is 0 Å². The zero-order valence-corrected chi connectivity index (χ0v) is 48.0. The monoisotopic (exact) mass is 998 g/mol. The maximum absolute atomic E-state index is 13.0. The van der Waals surface area contributed by atoms with Crippen LogP contribution in [-0.2, 0) is 18.4 Å². The third-order valence-corrected chi connectivity index (χ3v) is 15.2. The normalized spacial score (nSPS) is 13.9. The molecule has 0 fully saturated rings. The largest absolute Gasteiger partial charge is 0.472 e. The lowest BCUT2D eigenvalue weighted by molar-refractivity contribution is -0.870. The number of carbonyl (C=O) groups is 1. The molecule has 0 spiro atoms. The summed E-state index contributed by atoms with van der Waals surface area (Å²) in [6, 6.07) is -0.760. The second kappa shape index (κ2) is 52.1. The minimum atomic E-state index is -4.32. The first kappa shape index (κ1) is 68.2. The number of phosphoric acid groups is 1. The Kier molecular flexibility index (Phi) is 51.5. The SMILES string of the molecule is CCCCCCCCCC/C=C\CCCCCCCCCCCC(=O)NC(COP(=O)(O)OCC[N+](C)(C)C)C(O)CCCCCCCCCCCCCCCCCCCCCCCCCCCC. The average molecular weight is 999 g/mol. The van der Waals surface area contributed by atoms with E-state index in [9.17, 15) is 19.4 Å². The Morgan fingerprint density at radius 1 is 0.478 bits per heavy atom. The number of nitrogens with one attached hydrogen (secondary N) is 1. The van der Waals surface area contributed by atoms with Gasteiger partial charge in [-0.25, -0.2) is 4.57 Å². The highest BCUT2D eigenvalue weighted by Crippen LogP contribution is 2.43. The molecular formula is C60H122N2O6P+. The Morgan fingerprint density at radius 3 is 1.12 bits per heavy atom. The smallest absolute Gasteiger partial charge is 0.391 e. The summed E-state index contributed by atoms with van der Waals surface area (Å²) < 4.78 is 23.8. The molecule has 0 aliphatic rings. The van der Waals surface area contributed by atoms with Gasteiger partial charge in [-0.1, -0.05) is 283 Å². The van der Waals surface area contributed by atoms with Crippen molar-refractivity contribution in [1.82, 2.24) is 5.32 Å². The molecule has 0 rings (SSSR count). The summed E-state index contributed by atoms with van der Waals surface area (Å²) in [7, 11) is 1.63. The maximum atomic E-state index is 13.0. The number of quaternary nitrogens is 1. The topological polar surface area (TPSA) is 105 Å². The summed E-state index contributed by atoms with van der Waals surface area (Å²) in [4.78, 5) is 23.4. The molecule has 0 aromatic heterocycles. The number of allylic oxidation sites excluding steroid dienone is 2. The van der Waals surface area contributed by atoms with Gasteiger partial charge in [0, 0.05) is 6.42 Å². The first-order valence-electron chi connectivity index (χ1n) is 30.6. The molecule has 0 aliphatic heterocycles. The Labute approximate surface area is 431 Å². The Balaban J connectivity index is 4.10. The van der Waals surface area contributed by atoms with E-state index in [0.29, 0.717) is 23.9 Å². The molecule has 0 aliphatic carbocycles. The van der Waals surface area contributed by atoms with Crippen LogP contribution in [0.25, 0.3) is 0 Å². The fourth-order valence-electron chi connectivity index (χ4n) is 9.46. The number of aliphatic hydroxyl groups is 1. The molecule has 9 heteroatoms. The van der Waals surface area contributed by atoms with E-state index in [0.717, 1.165) is 38.5 Å². The molecule has 412 valence electrons. The van der Waals surface area contributed by atoms with Crippen molar-refractivity contribution >= 4 is 13.7 Å². The van der Waals surface area contributed by atoms with E-state index >= 15 is 0 Å². The molecule has 69 heavy (non-hydrogen) atoms. The molecule has 0 aromatic carbocycles. The lowest BCUT2D eigenvalue weighted by atomic mass is 10.0. The van der Waals surface area contributed by atoms with Gasteiger partial charge in [-0.3, -0.25) is 13.8 Å². The van der Waals surface area contributed by atoms with Gasteiger partial charge in [-0.2, -0.15) is 0 Å². The summed E-state index contributed by atoms with van der Waals surface area (Å²) in [6.45, 7) is 4.94. The zero-order valence-electron chi connectivity index (χ0n) is 47.1. The van der Waals surface area contributed by atoms with Crippen LogP contribution in [0, 0.1) is 0 Å². The Morgan fingerprint density at radius 2 is 0.783 bits per heavy atom. The highest BCUT2D eigenvalue weighted by Gasteiger charge is 2.28. The summed E-state index contributed by atoms with van der Waals surface area (Å²) in [5, 5.41) is 14.1. The maximum Gasteiger partial charge on any atom is 0.472 e. The number of aliphatic hydroxyl groups excluding tert-OH is 1. The van der Waals surface area contributed by atoms with Crippen molar-refractivity contribution in [2.24, 2.45) is 0 Å². The van der Waals surface area contributed by atoms with Crippen molar-refractivity contribution in [3.05, 3.63) is 12.2 Å². The predicted octanol–water partition coefficient (Wildman–Crippen LogP) is 18.6. The number of unbranched alkanes of at least 4 members (excludes halogenated alkanes) is 42. The molecule has 1 amide bonds. The van der Waals surface area contributed by atoms with Gasteiger partial charge in [-0.05, 0) is 38.5 Å². The lowest BCUT2D eigenvalue weighted by Crippen LogP contribution is -2.46. The molecule has 3 N–H and O–H groups in total. The van der Waals surface area contributed by atoms with Gasteiger partial charge >= 0.3 is 7.82 Å². The fourth-order valence-corrected chi connectivity index (χ4v) is 10.2. The van der Waals surface area contributed by atoms with Crippen LogP contribution >= 0.6 is 7.82 Å². The fraction of sp³-hybridized carbons (Fsp3) is 0.950. The molecule has 0 bridgehead atoms. The van der Waals surface area contributed by atoms with Crippen molar-refractivity contribution in [2.75, 3.05) is 40.9 Å². The van der Waals surface area contributed by atoms with E-state index in [1.165, 1.54) is 250 Å². The lowest BCUT2D eigenvalue weighted by Gasteiger charge is -2.26. The van der Waals surface area contributed by atoms with Crippen molar-refractivity contribution in [3.63, 3.8) is 0 Å². The first-order valence-corrected chi connectivity index (χ1v) is 32.0. The van der Waals surface area contributed by atoms with Gasteiger partial charge in [0.15, 0.2) is 0 Å². The van der Waals surface area contributed by atoms with Crippen molar-refractivity contribution in [2.45, 2.75) is 328 Å².